The van der Waals surface area contributed by atoms with Crippen LogP contribution in [0.4, 0.5) is 14.5 Å². The number of anilines is 1. The summed E-state index contributed by atoms with van der Waals surface area (Å²) in [5.41, 5.74) is 4.30. The van der Waals surface area contributed by atoms with Gasteiger partial charge in [0.05, 0.1) is 5.02 Å². The van der Waals surface area contributed by atoms with E-state index in [0.29, 0.717) is 6.54 Å². The van der Waals surface area contributed by atoms with Crippen molar-refractivity contribution in [2.45, 2.75) is 27.0 Å². The molecule has 0 aliphatic rings. The second-order valence-electron chi connectivity index (χ2n) is 4.83. The number of benzene rings is 1. The molecule has 1 heterocycles. The lowest BCUT2D eigenvalue weighted by atomic mass is 10.2. The fourth-order valence-electron chi connectivity index (χ4n) is 2.11. The van der Waals surface area contributed by atoms with E-state index in [9.17, 15) is 8.78 Å². The molecule has 0 spiro atoms. The van der Waals surface area contributed by atoms with Crippen molar-refractivity contribution in [3.63, 3.8) is 0 Å². The first-order valence-electron chi connectivity index (χ1n) is 6.48. The molecule has 0 amide bonds. The molecule has 114 valence electrons. The Labute approximate surface area is 127 Å². The molecule has 0 fully saturated rings. The predicted octanol–water partition coefficient (Wildman–Crippen LogP) is 4.51. The molecule has 3 nitrogen and oxygen atoms in total. The van der Waals surface area contributed by atoms with Gasteiger partial charge in [-0.3, -0.25) is 0 Å². The zero-order valence-corrected chi connectivity index (χ0v) is 12.8. The van der Waals surface area contributed by atoms with Gasteiger partial charge in [-0.25, -0.2) is 0 Å². The first-order chi connectivity index (χ1) is 9.88. The van der Waals surface area contributed by atoms with Crippen molar-refractivity contribution in [3.8, 4) is 5.75 Å². The quantitative estimate of drug-likeness (QED) is 0.879. The number of aryl methyl sites for hydroxylation is 1. The van der Waals surface area contributed by atoms with E-state index in [1.165, 1.54) is 23.0 Å². The van der Waals surface area contributed by atoms with Gasteiger partial charge in [0.1, 0.15) is 5.75 Å². The van der Waals surface area contributed by atoms with Gasteiger partial charge in [-0.05, 0) is 43.7 Å². The van der Waals surface area contributed by atoms with Crippen molar-refractivity contribution < 1.29 is 13.5 Å². The summed E-state index contributed by atoms with van der Waals surface area (Å²) < 4.78 is 30.7. The Morgan fingerprint density at radius 1 is 1.29 bits per heavy atom. The van der Waals surface area contributed by atoms with Crippen molar-refractivity contribution in [1.82, 2.24) is 4.57 Å². The molecule has 2 rings (SSSR count). The average Bonchev–Trinajstić information content (AvgIpc) is 2.66. The molecule has 2 aromatic rings. The highest BCUT2D eigenvalue weighted by Crippen LogP contribution is 2.29. The third-order valence-electron chi connectivity index (χ3n) is 3.51. The number of rotatable bonds is 5. The van der Waals surface area contributed by atoms with Gasteiger partial charge in [0.2, 0.25) is 0 Å². The van der Waals surface area contributed by atoms with Crippen LogP contribution in [-0.2, 0) is 13.6 Å². The van der Waals surface area contributed by atoms with Crippen LogP contribution in [0.25, 0.3) is 0 Å². The number of aromatic nitrogens is 1. The van der Waals surface area contributed by atoms with Crippen LogP contribution in [0, 0.1) is 13.8 Å². The number of hydrogen-bond acceptors (Lipinski definition) is 2. The van der Waals surface area contributed by atoms with E-state index in [-0.39, 0.29) is 10.8 Å². The SMILES string of the molecule is Cc1cc(CNc2ccc(OC(F)F)c(Cl)c2)c(C)n1C. The predicted molar refractivity (Wildman–Crippen MR) is 80.3 cm³/mol. The molecule has 0 aliphatic carbocycles. The van der Waals surface area contributed by atoms with E-state index in [2.05, 4.69) is 27.6 Å². The van der Waals surface area contributed by atoms with Crippen LogP contribution in [0.2, 0.25) is 5.02 Å². The molecule has 0 saturated heterocycles. The second-order valence-corrected chi connectivity index (χ2v) is 5.24. The van der Waals surface area contributed by atoms with Crippen LogP contribution in [0.15, 0.2) is 24.3 Å². The van der Waals surface area contributed by atoms with Crippen molar-refractivity contribution in [3.05, 3.63) is 46.2 Å². The summed E-state index contributed by atoms with van der Waals surface area (Å²) in [7, 11) is 2.02. The van der Waals surface area contributed by atoms with Crippen LogP contribution in [0.3, 0.4) is 0 Å². The molecule has 0 aliphatic heterocycles. The molecule has 0 bridgehead atoms. The molecule has 1 aromatic carbocycles. The fraction of sp³-hybridized carbons (Fsp3) is 0.333. The first-order valence-corrected chi connectivity index (χ1v) is 6.86. The van der Waals surface area contributed by atoms with Gasteiger partial charge in [0.15, 0.2) is 0 Å². The molecule has 0 unspecified atom stereocenters. The summed E-state index contributed by atoms with van der Waals surface area (Å²) in [6.45, 7) is 1.86. The molecule has 0 atom stereocenters. The summed E-state index contributed by atoms with van der Waals surface area (Å²) in [6, 6.07) is 6.78. The van der Waals surface area contributed by atoms with Crippen molar-refractivity contribution >= 4 is 17.3 Å². The van der Waals surface area contributed by atoms with Crippen molar-refractivity contribution in [2.24, 2.45) is 7.05 Å². The lowest BCUT2D eigenvalue weighted by Crippen LogP contribution is -2.04. The smallest absolute Gasteiger partial charge is 0.387 e. The highest BCUT2D eigenvalue weighted by molar-refractivity contribution is 6.32. The van der Waals surface area contributed by atoms with E-state index < -0.39 is 6.61 Å². The Kier molecular flexibility index (Phi) is 4.73. The fourth-order valence-corrected chi connectivity index (χ4v) is 2.34. The standard InChI is InChI=1S/C15H17ClF2N2O/c1-9-6-11(10(2)20(9)3)8-19-12-4-5-14(13(16)7-12)21-15(17)18/h4-7,15,19H,8H2,1-3H3. The van der Waals surface area contributed by atoms with Crippen LogP contribution in [0.1, 0.15) is 17.0 Å². The van der Waals surface area contributed by atoms with E-state index in [1.807, 2.05) is 14.0 Å². The molecule has 1 N–H and O–H groups in total. The van der Waals surface area contributed by atoms with E-state index in [4.69, 9.17) is 11.6 Å². The Balaban J connectivity index is 2.06. The lowest BCUT2D eigenvalue weighted by Gasteiger charge is -2.10. The first kappa shape index (κ1) is 15.6. The normalized spacial score (nSPS) is 11.0. The Morgan fingerprint density at radius 3 is 2.52 bits per heavy atom. The summed E-state index contributed by atoms with van der Waals surface area (Å²) in [5.74, 6) is -0.0241. The number of halogens is 3. The zero-order valence-electron chi connectivity index (χ0n) is 12.1. The highest BCUT2D eigenvalue weighted by atomic mass is 35.5. The van der Waals surface area contributed by atoms with Crippen molar-refractivity contribution in [1.29, 1.82) is 0 Å². The number of nitrogens with zero attached hydrogens (tertiary/aromatic N) is 1. The number of hydrogen-bond donors (Lipinski definition) is 1. The van der Waals surface area contributed by atoms with E-state index >= 15 is 0 Å². The summed E-state index contributed by atoms with van der Waals surface area (Å²) in [4.78, 5) is 0. The monoisotopic (exact) mass is 314 g/mol. The molecule has 0 radical (unpaired) electrons. The molecule has 1 aromatic heterocycles. The minimum atomic E-state index is -2.88. The third-order valence-corrected chi connectivity index (χ3v) is 3.81. The van der Waals surface area contributed by atoms with Gasteiger partial charge < -0.3 is 14.6 Å². The lowest BCUT2D eigenvalue weighted by molar-refractivity contribution is -0.0497. The number of nitrogens with one attached hydrogen (secondary N) is 1. The summed E-state index contributed by atoms with van der Waals surface area (Å²) in [5, 5.41) is 3.38. The number of ether oxygens (including phenoxy) is 1. The maximum absolute atomic E-state index is 12.2. The van der Waals surface area contributed by atoms with Gasteiger partial charge in [-0.2, -0.15) is 8.78 Å². The highest BCUT2D eigenvalue weighted by Gasteiger charge is 2.10. The topological polar surface area (TPSA) is 26.2 Å². The number of alkyl halides is 2. The van der Waals surface area contributed by atoms with Gasteiger partial charge in [-0.1, -0.05) is 11.6 Å². The second kappa shape index (κ2) is 6.35. The molecule has 0 saturated carbocycles. The summed E-state index contributed by atoms with van der Waals surface area (Å²) >= 11 is 5.91. The Bertz CT molecular complexity index is 641. The van der Waals surface area contributed by atoms with Crippen molar-refractivity contribution in [2.75, 3.05) is 5.32 Å². The Morgan fingerprint density at radius 2 is 2.00 bits per heavy atom. The van der Waals surface area contributed by atoms with Crippen LogP contribution in [0.5, 0.6) is 5.75 Å². The third kappa shape index (κ3) is 3.67. The molecular formula is C15H17ClF2N2O. The largest absolute Gasteiger partial charge is 0.433 e. The zero-order chi connectivity index (χ0) is 15.6. The molecular weight excluding hydrogens is 298 g/mol. The maximum atomic E-state index is 12.2. The van der Waals surface area contributed by atoms with Gasteiger partial charge in [0.25, 0.3) is 0 Å². The van der Waals surface area contributed by atoms with Gasteiger partial charge in [0, 0.05) is 30.7 Å². The maximum Gasteiger partial charge on any atom is 0.387 e. The van der Waals surface area contributed by atoms with Crippen LogP contribution < -0.4 is 10.1 Å². The average molecular weight is 315 g/mol. The summed E-state index contributed by atoms with van der Waals surface area (Å²) in [6.07, 6.45) is 0. The minimum absolute atomic E-state index is 0.0241. The van der Waals surface area contributed by atoms with Crippen LogP contribution >= 0.6 is 11.6 Å². The van der Waals surface area contributed by atoms with Crippen LogP contribution in [-0.4, -0.2) is 11.2 Å². The molecule has 6 heteroatoms. The van der Waals surface area contributed by atoms with Gasteiger partial charge in [-0.15, -0.1) is 0 Å². The van der Waals surface area contributed by atoms with E-state index in [1.54, 1.807) is 12.1 Å². The molecule has 21 heavy (non-hydrogen) atoms. The van der Waals surface area contributed by atoms with Gasteiger partial charge >= 0.3 is 6.61 Å². The Hall–Kier alpha value is -1.75. The van der Waals surface area contributed by atoms with E-state index in [0.717, 1.165) is 5.69 Å². The minimum Gasteiger partial charge on any atom is -0.433 e.